The first-order chi connectivity index (χ1) is 13.7. The summed E-state index contributed by atoms with van der Waals surface area (Å²) in [6.45, 7) is 3.84. The highest BCUT2D eigenvalue weighted by atomic mass is 19.1. The van der Waals surface area contributed by atoms with Gasteiger partial charge in [0.25, 0.3) is 0 Å². The molecule has 2 aliphatic heterocycles. The number of aromatic nitrogens is 3. The molecule has 2 aromatic heterocycles. The fraction of sp³-hybridized carbons (Fsp3) is 0.450. The summed E-state index contributed by atoms with van der Waals surface area (Å²) < 4.78 is 18.6. The molecule has 0 bridgehead atoms. The molecule has 0 amide bonds. The van der Waals surface area contributed by atoms with Crippen LogP contribution >= 0.6 is 0 Å². The van der Waals surface area contributed by atoms with Crippen molar-refractivity contribution in [2.45, 2.75) is 24.9 Å². The van der Waals surface area contributed by atoms with E-state index in [1.165, 1.54) is 12.4 Å². The van der Waals surface area contributed by atoms with Crippen LogP contribution in [-0.4, -0.2) is 65.3 Å². The summed E-state index contributed by atoms with van der Waals surface area (Å²) in [5.41, 5.74) is 0.838. The molecule has 146 valence electrons. The maximum absolute atomic E-state index is 13.1. The molecule has 0 spiro atoms. The van der Waals surface area contributed by atoms with Gasteiger partial charge >= 0.3 is 0 Å². The van der Waals surface area contributed by atoms with Crippen LogP contribution in [0.2, 0.25) is 0 Å². The molecule has 5 rings (SSSR count). The van der Waals surface area contributed by atoms with E-state index in [-0.39, 0.29) is 0 Å². The van der Waals surface area contributed by atoms with E-state index >= 15 is 0 Å². The number of piperidine rings is 1. The van der Waals surface area contributed by atoms with E-state index < -0.39 is 5.82 Å². The summed E-state index contributed by atoms with van der Waals surface area (Å²) in [7, 11) is 2.00. The number of likely N-dealkylation sites (N-methyl/N-ethyl adjacent to an activating group) is 1. The van der Waals surface area contributed by atoms with Crippen molar-refractivity contribution < 1.29 is 8.91 Å². The van der Waals surface area contributed by atoms with Gasteiger partial charge in [0.05, 0.1) is 17.8 Å². The van der Waals surface area contributed by atoms with Crippen molar-refractivity contribution in [3.8, 4) is 0 Å². The molecule has 7 nitrogen and oxygen atoms in total. The molecule has 8 heteroatoms. The Morgan fingerprint density at radius 1 is 1.11 bits per heavy atom. The summed E-state index contributed by atoms with van der Waals surface area (Å²) >= 11 is 0. The molecule has 2 fully saturated rings. The predicted octanol–water partition coefficient (Wildman–Crippen LogP) is 2.55. The highest BCUT2D eigenvalue weighted by Crippen LogP contribution is 2.31. The van der Waals surface area contributed by atoms with Gasteiger partial charge in [-0.15, -0.1) is 0 Å². The van der Waals surface area contributed by atoms with E-state index in [1.54, 1.807) is 0 Å². The lowest BCUT2D eigenvalue weighted by Crippen LogP contribution is -2.60. The Bertz CT molecular complexity index is 961. The standard InChI is InChI=1S/C20H23FN6O/c1-25(20-22-10-14(21)11-23-20)15-6-7-16-13-27(9-8-26(16)12-15)19-17-4-2-3-5-18(17)28-24-19/h2-5,10-11,15-16H,6-9,12-13H2,1H3. The van der Waals surface area contributed by atoms with Gasteiger partial charge in [-0.25, -0.2) is 14.4 Å². The molecule has 0 saturated carbocycles. The number of hydrogen-bond donors (Lipinski definition) is 0. The minimum atomic E-state index is -0.405. The quantitative estimate of drug-likeness (QED) is 0.690. The number of benzene rings is 1. The summed E-state index contributed by atoms with van der Waals surface area (Å²) in [4.78, 5) is 15.2. The van der Waals surface area contributed by atoms with Crippen LogP contribution in [0.3, 0.4) is 0 Å². The molecular weight excluding hydrogens is 359 g/mol. The van der Waals surface area contributed by atoms with Gasteiger partial charge in [0.15, 0.2) is 17.2 Å². The lowest BCUT2D eigenvalue weighted by atomic mass is 9.95. The van der Waals surface area contributed by atoms with Crippen LogP contribution in [0.15, 0.2) is 41.2 Å². The van der Waals surface area contributed by atoms with E-state index in [0.29, 0.717) is 18.0 Å². The number of nitrogens with zero attached hydrogens (tertiary/aromatic N) is 6. The van der Waals surface area contributed by atoms with Gasteiger partial charge in [0, 0.05) is 45.3 Å². The van der Waals surface area contributed by atoms with Crippen LogP contribution in [0.4, 0.5) is 16.2 Å². The average Bonchev–Trinajstić information content (AvgIpc) is 3.17. The smallest absolute Gasteiger partial charge is 0.225 e. The van der Waals surface area contributed by atoms with Crippen molar-refractivity contribution in [1.29, 1.82) is 0 Å². The summed E-state index contributed by atoms with van der Waals surface area (Å²) in [5, 5.41) is 5.40. The van der Waals surface area contributed by atoms with Gasteiger partial charge in [-0.3, -0.25) is 4.90 Å². The van der Waals surface area contributed by atoms with Gasteiger partial charge in [-0.05, 0) is 25.0 Å². The third-order valence-electron chi connectivity index (χ3n) is 6.01. The average molecular weight is 382 g/mol. The second kappa shape index (κ2) is 7.01. The molecule has 1 aromatic carbocycles. The van der Waals surface area contributed by atoms with Crippen molar-refractivity contribution in [3.63, 3.8) is 0 Å². The topological polar surface area (TPSA) is 61.5 Å². The van der Waals surface area contributed by atoms with E-state index in [9.17, 15) is 4.39 Å². The Hall–Kier alpha value is -2.74. The monoisotopic (exact) mass is 382 g/mol. The summed E-state index contributed by atoms with van der Waals surface area (Å²) in [6.07, 6.45) is 4.62. The molecule has 2 atom stereocenters. The third-order valence-corrected chi connectivity index (χ3v) is 6.01. The van der Waals surface area contributed by atoms with Crippen molar-refractivity contribution in [3.05, 3.63) is 42.5 Å². The highest BCUT2D eigenvalue weighted by molar-refractivity contribution is 5.88. The molecule has 3 aromatic rings. The Morgan fingerprint density at radius 3 is 2.79 bits per heavy atom. The lowest BCUT2D eigenvalue weighted by molar-refractivity contribution is 0.118. The van der Waals surface area contributed by atoms with Crippen LogP contribution in [-0.2, 0) is 0 Å². The van der Waals surface area contributed by atoms with Crippen LogP contribution in [0, 0.1) is 5.82 Å². The van der Waals surface area contributed by atoms with Crippen molar-refractivity contribution in [1.82, 2.24) is 20.0 Å². The first-order valence-electron chi connectivity index (χ1n) is 9.73. The summed E-state index contributed by atoms with van der Waals surface area (Å²) in [6, 6.07) is 8.86. The molecule has 2 aliphatic rings. The second-order valence-corrected chi connectivity index (χ2v) is 7.64. The van der Waals surface area contributed by atoms with Gasteiger partial charge in [0.2, 0.25) is 5.95 Å². The van der Waals surface area contributed by atoms with Crippen LogP contribution in [0.1, 0.15) is 12.8 Å². The molecular formula is C20H23FN6O. The van der Waals surface area contributed by atoms with Crippen molar-refractivity contribution >= 4 is 22.7 Å². The lowest BCUT2D eigenvalue weighted by Gasteiger charge is -2.47. The Kier molecular flexibility index (Phi) is 4.35. The number of fused-ring (bicyclic) bond motifs is 2. The number of anilines is 2. The highest BCUT2D eigenvalue weighted by Gasteiger charge is 2.35. The third kappa shape index (κ3) is 3.07. The SMILES string of the molecule is CN(c1ncc(F)cn1)C1CCC2CN(c3noc4ccccc34)CCN2C1. The van der Waals surface area contributed by atoms with E-state index in [2.05, 4.69) is 35.9 Å². The van der Waals surface area contributed by atoms with Crippen LogP contribution in [0.5, 0.6) is 0 Å². The fourth-order valence-electron chi connectivity index (χ4n) is 4.41. The zero-order chi connectivity index (χ0) is 19.1. The maximum atomic E-state index is 13.1. The first kappa shape index (κ1) is 17.4. The Morgan fingerprint density at radius 2 is 1.93 bits per heavy atom. The summed E-state index contributed by atoms with van der Waals surface area (Å²) in [5.74, 6) is 1.13. The van der Waals surface area contributed by atoms with Gasteiger partial charge in [-0.1, -0.05) is 17.3 Å². The van der Waals surface area contributed by atoms with E-state index in [1.807, 2.05) is 25.2 Å². The normalized spacial score (nSPS) is 23.0. The minimum absolute atomic E-state index is 0.334. The van der Waals surface area contributed by atoms with Crippen molar-refractivity contribution in [2.24, 2.45) is 0 Å². The zero-order valence-electron chi connectivity index (χ0n) is 15.8. The molecule has 0 radical (unpaired) electrons. The van der Waals surface area contributed by atoms with Crippen LogP contribution < -0.4 is 9.80 Å². The Labute approximate surface area is 162 Å². The molecule has 2 unspecified atom stereocenters. The number of para-hydroxylation sites is 1. The molecule has 0 aliphatic carbocycles. The second-order valence-electron chi connectivity index (χ2n) is 7.64. The predicted molar refractivity (Wildman–Crippen MR) is 105 cm³/mol. The largest absolute Gasteiger partial charge is 0.354 e. The van der Waals surface area contributed by atoms with Gasteiger partial charge in [0.1, 0.15) is 0 Å². The minimum Gasteiger partial charge on any atom is -0.354 e. The molecule has 0 N–H and O–H groups in total. The fourth-order valence-corrected chi connectivity index (χ4v) is 4.41. The van der Waals surface area contributed by atoms with Crippen LogP contribution in [0.25, 0.3) is 11.0 Å². The number of hydrogen-bond acceptors (Lipinski definition) is 7. The first-order valence-corrected chi connectivity index (χ1v) is 9.73. The Balaban J connectivity index is 1.27. The number of halogens is 1. The molecule has 4 heterocycles. The zero-order valence-corrected chi connectivity index (χ0v) is 15.8. The van der Waals surface area contributed by atoms with Crippen molar-refractivity contribution in [2.75, 3.05) is 43.0 Å². The molecule has 2 saturated heterocycles. The maximum Gasteiger partial charge on any atom is 0.225 e. The van der Waals surface area contributed by atoms with E-state index in [4.69, 9.17) is 4.52 Å². The van der Waals surface area contributed by atoms with Gasteiger partial charge in [-0.2, -0.15) is 0 Å². The van der Waals surface area contributed by atoms with E-state index in [0.717, 1.165) is 55.8 Å². The number of piperazine rings is 1. The number of rotatable bonds is 3. The van der Waals surface area contributed by atoms with Gasteiger partial charge < -0.3 is 14.3 Å². The molecule has 28 heavy (non-hydrogen) atoms.